The molecule has 0 aliphatic rings. The number of carbonyl (C=O) groups is 3. The Labute approximate surface area is 129 Å². The van der Waals surface area contributed by atoms with E-state index in [1.807, 2.05) is 6.07 Å². The molecule has 0 spiro atoms. The highest BCUT2D eigenvalue weighted by Gasteiger charge is 2.33. The third-order valence-electron chi connectivity index (χ3n) is 2.87. The highest BCUT2D eigenvalue weighted by atomic mass is 16.5. The molecule has 0 bridgehead atoms. The zero-order valence-corrected chi connectivity index (χ0v) is 13.0. The lowest BCUT2D eigenvalue weighted by Crippen LogP contribution is -2.30. The summed E-state index contributed by atoms with van der Waals surface area (Å²) in [6.07, 6.45) is 1.49. The Morgan fingerprint density at radius 1 is 1.05 bits per heavy atom. The first-order chi connectivity index (χ1) is 10.5. The van der Waals surface area contributed by atoms with Crippen LogP contribution in [-0.4, -0.2) is 30.9 Å². The number of benzene rings is 1. The fourth-order valence-corrected chi connectivity index (χ4v) is 1.94. The maximum absolute atomic E-state index is 12.2. The van der Waals surface area contributed by atoms with Crippen molar-refractivity contribution in [1.29, 1.82) is 0 Å². The summed E-state index contributed by atoms with van der Waals surface area (Å²) in [5.41, 5.74) is 0.681. The molecule has 0 aliphatic carbocycles. The first kappa shape index (κ1) is 17.6. The molecule has 0 radical (unpaired) electrons. The van der Waals surface area contributed by atoms with Gasteiger partial charge < -0.3 is 9.47 Å². The van der Waals surface area contributed by atoms with Crippen molar-refractivity contribution in [3.05, 3.63) is 41.5 Å². The summed E-state index contributed by atoms with van der Waals surface area (Å²) in [6, 6.07) is 8.95. The summed E-state index contributed by atoms with van der Waals surface area (Å²) in [5.74, 6) is -3.18. The fraction of sp³-hybridized carbons (Fsp3) is 0.353. The van der Waals surface area contributed by atoms with Crippen LogP contribution in [0.15, 0.2) is 35.9 Å². The van der Waals surface area contributed by atoms with E-state index in [0.29, 0.717) is 5.56 Å². The standard InChI is InChI=1S/C17H20O5/c1-4-21-16(19)14(11-13-9-7-6-8-10-13)15(12(3)18)17(20)22-5-2/h6-11,15H,4-5H2,1-3H3/b14-11+. The van der Waals surface area contributed by atoms with Crippen LogP contribution in [0.1, 0.15) is 26.3 Å². The molecule has 0 aromatic heterocycles. The lowest BCUT2D eigenvalue weighted by molar-refractivity contribution is -0.152. The molecule has 1 aromatic rings. The number of hydrogen-bond acceptors (Lipinski definition) is 5. The van der Waals surface area contributed by atoms with Gasteiger partial charge in [0.05, 0.1) is 18.8 Å². The van der Waals surface area contributed by atoms with Gasteiger partial charge in [0.25, 0.3) is 0 Å². The van der Waals surface area contributed by atoms with Crippen LogP contribution in [-0.2, 0) is 23.9 Å². The van der Waals surface area contributed by atoms with E-state index in [2.05, 4.69) is 0 Å². The maximum atomic E-state index is 12.2. The van der Waals surface area contributed by atoms with Crippen LogP contribution >= 0.6 is 0 Å². The van der Waals surface area contributed by atoms with E-state index in [4.69, 9.17) is 9.47 Å². The summed E-state index contributed by atoms with van der Waals surface area (Å²) in [5, 5.41) is 0. The van der Waals surface area contributed by atoms with Gasteiger partial charge in [-0.2, -0.15) is 0 Å². The van der Waals surface area contributed by atoms with E-state index in [-0.39, 0.29) is 18.8 Å². The lowest BCUT2D eigenvalue weighted by Gasteiger charge is -2.15. The van der Waals surface area contributed by atoms with Crippen LogP contribution in [0.2, 0.25) is 0 Å². The molecule has 1 atom stereocenters. The van der Waals surface area contributed by atoms with Gasteiger partial charge in [0, 0.05) is 0 Å². The van der Waals surface area contributed by atoms with Crippen molar-refractivity contribution < 1.29 is 23.9 Å². The molecular weight excluding hydrogens is 284 g/mol. The van der Waals surface area contributed by atoms with Crippen molar-refractivity contribution in [2.75, 3.05) is 13.2 Å². The Balaban J connectivity index is 3.28. The molecule has 0 N–H and O–H groups in total. The monoisotopic (exact) mass is 304 g/mol. The van der Waals surface area contributed by atoms with Gasteiger partial charge in [-0.05, 0) is 32.4 Å². The molecule has 0 saturated heterocycles. The predicted molar refractivity (Wildman–Crippen MR) is 81.9 cm³/mol. The Kier molecular flexibility index (Phi) is 7.02. The second-order valence-corrected chi connectivity index (χ2v) is 4.53. The average Bonchev–Trinajstić information content (AvgIpc) is 2.47. The molecule has 1 aromatic carbocycles. The topological polar surface area (TPSA) is 69.7 Å². The van der Waals surface area contributed by atoms with Gasteiger partial charge in [-0.15, -0.1) is 0 Å². The number of ketones is 1. The van der Waals surface area contributed by atoms with Crippen molar-refractivity contribution in [3.63, 3.8) is 0 Å². The van der Waals surface area contributed by atoms with Crippen LogP contribution in [0, 0.1) is 5.92 Å². The average molecular weight is 304 g/mol. The zero-order chi connectivity index (χ0) is 16.5. The number of ether oxygens (including phenoxy) is 2. The van der Waals surface area contributed by atoms with Gasteiger partial charge >= 0.3 is 11.9 Å². The minimum absolute atomic E-state index is 0.0148. The molecule has 0 heterocycles. The lowest BCUT2D eigenvalue weighted by atomic mass is 9.93. The third-order valence-corrected chi connectivity index (χ3v) is 2.87. The van der Waals surface area contributed by atoms with Gasteiger partial charge in [0.15, 0.2) is 0 Å². The Morgan fingerprint density at radius 3 is 2.14 bits per heavy atom. The van der Waals surface area contributed by atoms with Crippen LogP contribution in [0.4, 0.5) is 0 Å². The SMILES string of the molecule is CCOC(=O)/C(=C/c1ccccc1)C(C(C)=O)C(=O)OCC. The highest BCUT2D eigenvalue weighted by Crippen LogP contribution is 2.20. The van der Waals surface area contributed by atoms with Crippen LogP contribution < -0.4 is 0 Å². The van der Waals surface area contributed by atoms with Gasteiger partial charge in [-0.25, -0.2) is 4.79 Å². The summed E-state index contributed by atoms with van der Waals surface area (Å²) < 4.78 is 9.87. The van der Waals surface area contributed by atoms with E-state index >= 15 is 0 Å². The number of hydrogen-bond donors (Lipinski definition) is 0. The minimum Gasteiger partial charge on any atom is -0.465 e. The Morgan fingerprint density at radius 2 is 1.64 bits per heavy atom. The summed E-state index contributed by atoms with van der Waals surface area (Å²) >= 11 is 0. The van der Waals surface area contributed by atoms with Crippen molar-refractivity contribution in [2.45, 2.75) is 20.8 Å². The maximum Gasteiger partial charge on any atom is 0.335 e. The quantitative estimate of drug-likeness (QED) is 0.439. The first-order valence-corrected chi connectivity index (χ1v) is 7.12. The molecule has 1 unspecified atom stereocenters. The zero-order valence-electron chi connectivity index (χ0n) is 13.0. The molecular formula is C17H20O5. The molecule has 22 heavy (non-hydrogen) atoms. The van der Waals surface area contributed by atoms with Gasteiger partial charge in [-0.1, -0.05) is 30.3 Å². The molecule has 5 heteroatoms. The number of esters is 2. The van der Waals surface area contributed by atoms with Gasteiger partial charge in [0.1, 0.15) is 11.7 Å². The van der Waals surface area contributed by atoms with Crippen LogP contribution in [0.25, 0.3) is 6.08 Å². The molecule has 1 rings (SSSR count). The molecule has 0 saturated carbocycles. The van der Waals surface area contributed by atoms with E-state index in [1.54, 1.807) is 38.1 Å². The predicted octanol–water partition coefficient (Wildman–Crippen LogP) is 2.40. The molecule has 0 aliphatic heterocycles. The van der Waals surface area contributed by atoms with Gasteiger partial charge in [0.2, 0.25) is 0 Å². The fourth-order valence-electron chi connectivity index (χ4n) is 1.94. The summed E-state index contributed by atoms with van der Waals surface area (Å²) in [7, 11) is 0. The van der Waals surface area contributed by atoms with E-state index < -0.39 is 23.6 Å². The van der Waals surface area contributed by atoms with E-state index in [1.165, 1.54) is 13.0 Å². The minimum atomic E-state index is -1.28. The molecule has 0 fully saturated rings. The number of carbonyl (C=O) groups excluding carboxylic acids is 3. The smallest absolute Gasteiger partial charge is 0.335 e. The second-order valence-electron chi connectivity index (χ2n) is 4.53. The largest absolute Gasteiger partial charge is 0.465 e. The van der Waals surface area contributed by atoms with E-state index in [9.17, 15) is 14.4 Å². The van der Waals surface area contributed by atoms with Crippen molar-refractivity contribution in [3.8, 4) is 0 Å². The second kappa shape index (κ2) is 8.77. The van der Waals surface area contributed by atoms with Crippen molar-refractivity contribution in [2.24, 2.45) is 5.92 Å². The normalized spacial score (nSPS) is 12.4. The van der Waals surface area contributed by atoms with Crippen molar-refractivity contribution in [1.82, 2.24) is 0 Å². The molecule has 0 amide bonds. The highest BCUT2D eigenvalue weighted by molar-refractivity contribution is 6.11. The molecule has 118 valence electrons. The summed E-state index contributed by atoms with van der Waals surface area (Å²) in [4.78, 5) is 36.0. The Hall–Kier alpha value is -2.43. The van der Waals surface area contributed by atoms with Gasteiger partial charge in [-0.3, -0.25) is 9.59 Å². The van der Waals surface area contributed by atoms with Crippen LogP contribution in [0.5, 0.6) is 0 Å². The van der Waals surface area contributed by atoms with Crippen LogP contribution in [0.3, 0.4) is 0 Å². The first-order valence-electron chi connectivity index (χ1n) is 7.12. The third kappa shape index (κ3) is 4.84. The van der Waals surface area contributed by atoms with E-state index in [0.717, 1.165) is 0 Å². The Bertz CT molecular complexity index is 560. The summed E-state index contributed by atoms with van der Waals surface area (Å²) in [6.45, 7) is 4.83. The van der Waals surface area contributed by atoms with Crippen molar-refractivity contribution >= 4 is 23.8 Å². The number of Topliss-reactive ketones (excluding diaryl/α,β-unsaturated/α-hetero) is 1. The molecule has 5 nitrogen and oxygen atoms in total. The number of rotatable bonds is 7.